The van der Waals surface area contributed by atoms with Gasteiger partial charge in [0.15, 0.2) is 0 Å². The topological polar surface area (TPSA) is 55.0 Å². The molecule has 90 valence electrons. The normalized spacial score (nSPS) is 10.5. The van der Waals surface area contributed by atoms with Gasteiger partial charge in [0.25, 0.3) is 0 Å². The predicted molar refractivity (Wildman–Crippen MR) is 71.1 cm³/mol. The van der Waals surface area contributed by atoms with Gasteiger partial charge >= 0.3 is 0 Å². The second-order valence-electron chi connectivity index (χ2n) is 4.02. The van der Waals surface area contributed by atoms with E-state index in [0.29, 0.717) is 6.54 Å². The van der Waals surface area contributed by atoms with Crippen LogP contribution in [0.3, 0.4) is 0 Å². The van der Waals surface area contributed by atoms with Crippen LogP contribution in [0.5, 0.6) is 0 Å². The fourth-order valence-corrected chi connectivity index (χ4v) is 2.32. The number of nitrogens with zero attached hydrogens (tertiary/aromatic N) is 3. The minimum atomic E-state index is 0.532. The van der Waals surface area contributed by atoms with E-state index in [1.165, 1.54) is 0 Å². The largest absolute Gasteiger partial charge is 0.354 e. The van der Waals surface area contributed by atoms with Crippen molar-refractivity contribution in [3.8, 4) is 0 Å². The van der Waals surface area contributed by atoms with E-state index >= 15 is 0 Å². The van der Waals surface area contributed by atoms with Gasteiger partial charge in [0, 0.05) is 25.2 Å². The van der Waals surface area contributed by atoms with Crippen molar-refractivity contribution >= 4 is 17.2 Å². The molecule has 0 aliphatic heterocycles. The summed E-state index contributed by atoms with van der Waals surface area (Å²) in [5.41, 5.74) is 10.7. The molecule has 0 amide bonds. The maximum absolute atomic E-state index is 5.59. The van der Waals surface area contributed by atoms with Crippen LogP contribution < -0.4 is 10.6 Å². The van der Waals surface area contributed by atoms with Crippen LogP contribution in [0.1, 0.15) is 16.8 Å². The number of aromatic nitrogens is 2. The van der Waals surface area contributed by atoms with Gasteiger partial charge in [-0.05, 0) is 24.1 Å². The Hall–Kier alpha value is -1.46. The highest BCUT2D eigenvalue weighted by Crippen LogP contribution is 2.18. The molecule has 17 heavy (non-hydrogen) atoms. The number of hydrogen-bond donors (Lipinski definition) is 1. The van der Waals surface area contributed by atoms with E-state index in [1.54, 1.807) is 11.3 Å². The van der Waals surface area contributed by atoms with Gasteiger partial charge in [-0.3, -0.25) is 0 Å². The summed E-state index contributed by atoms with van der Waals surface area (Å²) in [6, 6.07) is 2.08. The molecule has 2 heterocycles. The zero-order chi connectivity index (χ0) is 12.3. The molecule has 0 aromatic carbocycles. The standard InChI is InChI=1S/C12H16N4S/c1-9-3-10(4-13)5-14-12(9)16(2)6-11-7-17-8-15-11/h3,5,7-8H,4,6,13H2,1-2H3. The highest BCUT2D eigenvalue weighted by molar-refractivity contribution is 7.07. The number of thiazole rings is 1. The lowest BCUT2D eigenvalue weighted by molar-refractivity contribution is 0.864. The van der Waals surface area contributed by atoms with Crippen molar-refractivity contribution in [1.29, 1.82) is 0 Å². The molecule has 0 saturated heterocycles. The Morgan fingerprint density at radius 3 is 2.82 bits per heavy atom. The van der Waals surface area contributed by atoms with Crippen LogP contribution in [0.4, 0.5) is 5.82 Å². The summed E-state index contributed by atoms with van der Waals surface area (Å²) in [6.07, 6.45) is 1.83. The fraction of sp³-hybridized carbons (Fsp3) is 0.333. The number of rotatable bonds is 4. The molecule has 0 bridgehead atoms. The number of anilines is 1. The zero-order valence-corrected chi connectivity index (χ0v) is 10.9. The summed E-state index contributed by atoms with van der Waals surface area (Å²) in [6.45, 7) is 3.36. The zero-order valence-electron chi connectivity index (χ0n) is 10.1. The molecule has 2 aromatic heterocycles. The Morgan fingerprint density at radius 2 is 2.24 bits per heavy atom. The maximum atomic E-state index is 5.59. The Morgan fingerprint density at radius 1 is 1.41 bits per heavy atom. The molecule has 0 fully saturated rings. The molecule has 2 N–H and O–H groups in total. The number of pyridine rings is 1. The quantitative estimate of drug-likeness (QED) is 0.898. The monoisotopic (exact) mass is 248 g/mol. The summed E-state index contributed by atoms with van der Waals surface area (Å²) in [4.78, 5) is 10.8. The third kappa shape index (κ3) is 2.81. The summed E-state index contributed by atoms with van der Waals surface area (Å²) in [7, 11) is 2.02. The van der Waals surface area contributed by atoms with Gasteiger partial charge in [0.05, 0.1) is 17.7 Å². The molecule has 5 heteroatoms. The molecule has 0 atom stereocenters. The van der Waals surface area contributed by atoms with Gasteiger partial charge in [-0.2, -0.15) is 0 Å². The van der Waals surface area contributed by atoms with E-state index in [2.05, 4.69) is 33.2 Å². The van der Waals surface area contributed by atoms with Crippen molar-refractivity contribution in [2.75, 3.05) is 11.9 Å². The molecule has 0 saturated carbocycles. The van der Waals surface area contributed by atoms with E-state index in [-0.39, 0.29) is 0 Å². The van der Waals surface area contributed by atoms with E-state index < -0.39 is 0 Å². The lowest BCUT2D eigenvalue weighted by atomic mass is 10.2. The molecule has 0 spiro atoms. The van der Waals surface area contributed by atoms with Crippen molar-refractivity contribution in [2.24, 2.45) is 5.73 Å². The van der Waals surface area contributed by atoms with Crippen molar-refractivity contribution in [2.45, 2.75) is 20.0 Å². The van der Waals surface area contributed by atoms with Crippen molar-refractivity contribution in [1.82, 2.24) is 9.97 Å². The molecule has 0 aliphatic carbocycles. The van der Waals surface area contributed by atoms with Crippen LogP contribution in [-0.2, 0) is 13.1 Å². The second kappa shape index (κ2) is 5.25. The third-order valence-corrected chi connectivity index (χ3v) is 3.22. The average molecular weight is 248 g/mol. The molecule has 0 unspecified atom stereocenters. The molecular formula is C12H16N4S. The van der Waals surface area contributed by atoms with Gasteiger partial charge in [-0.25, -0.2) is 9.97 Å². The molecule has 0 radical (unpaired) electrons. The predicted octanol–water partition coefficient (Wildman–Crippen LogP) is 1.94. The molecular weight excluding hydrogens is 232 g/mol. The van der Waals surface area contributed by atoms with E-state index in [1.807, 2.05) is 18.8 Å². The van der Waals surface area contributed by atoms with Crippen molar-refractivity contribution < 1.29 is 0 Å². The first-order chi connectivity index (χ1) is 8.20. The van der Waals surface area contributed by atoms with Crippen LogP contribution in [0.2, 0.25) is 0 Å². The van der Waals surface area contributed by atoms with Crippen molar-refractivity contribution in [3.05, 3.63) is 40.0 Å². The van der Waals surface area contributed by atoms with Crippen LogP contribution >= 0.6 is 11.3 Å². The van der Waals surface area contributed by atoms with Gasteiger partial charge < -0.3 is 10.6 Å². The van der Waals surface area contributed by atoms with Gasteiger partial charge in [-0.1, -0.05) is 0 Å². The van der Waals surface area contributed by atoms with Crippen LogP contribution in [0.25, 0.3) is 0 Å². The second-order valence-corrected chi connectivity index (χ2v) is 4.74. The summed E-state index contributed by atoms with van der Waals surface area (Å²) in [5.74, 6) is 0.982. The van der Waals surface area contributed by atoms with Gasteiger partial charge in [-0.15, -0.1) is 11.3 Å². The minimum Gasteiger partial charge on any atom is -0.354 e. The first kappa shape index (κ1) is 12.0. The summed E-state index contributed by atoms with van der Waals surface area (Å²) in [5, 5.41) is 2.06. The highest BCUT2D eigenvalue weighted by Gasteiger charge is 2.08. The average Bonchev–Trinajstić information content (AvgIpc) is 2.81. The molecule has 2 aromatic rings. The van der Waals surface area contributed by atoms with Crippen LogP contribution in [0.15, 0.2) is 23.2 Å². The smallest absolute Gasteiger partial charge is 0.131 e. The molecule has 4 nitrogen and oxygen atoms in total. The first-order valence-electron chi connectivity index (χ1n) is 5.44. The Labute approximate surface area is 105 Å². The van der Waals surface area contributed by atoms with Crippen LogP contribution in [-0.4, -0.2) is 17.0 Å². The third-order valence-electron chi connectivity index (χ3n) is 2.59. The highest BCUT2D eigenvalue weighted by atomic mass is 32.1. The summed E-state index contributed by atoms with van der Waals surface area (Å²) < 4.78 is 0. The Balaban J connectivity index is 2.16. The minimum absolute atomic E-state index is 0.532. The Bertz CT molecular complexity index is 481. The van der Waals surface area contributed by atoms with Crippen LogP contribution in [0, 0.1) is 6.92 Å². The number of nitrogens with two attached hydrogens (primary N) is 1. The maximum Gasteiger partial charge on any atom is 0.131 e. The van der Waals surface area contributed by atoms with E-state index in [0.717, 1.165) is 29.2 Å². The van der Waals surface area contributed by atoms with E-state index in [9.17, 15) is 0 Å². The lowest BCUT2D eigenvalue weighted by Crippen LogP contribution is -2.19. The van der Waals surface area contributed by atoms with Gasteiger partial charge in [0.2, 0.25) is 0 Å². The molecule has 2 rings (SSSR count). The first-order valence-corrected chi connectivity index (χ1v) is 6.38. The molecule has 0 aliphatic rings. The SMILES string of the molecule is Cc1cc(CN)cnc1N(C)Cc1cscn1. The fourth-order valence-electron chi connectivity index (χ4n) is 1.77. The lowest BCUT2D eigenvalue weighted by Gasteiger charge is -2.19. The number of hydrogen-bond acceptors (Lipinski definition) is 5. The number of aryl methyl sites for hydroxylation is 1. The Kier molecular flexibility index (Phi) is 3.71. The van der Waals surface area contributed by atoms with Gasteiger partial charge in [0.1, 0.15) is 5.82 Å². The van der Waals surface area contributed by atoms with Crippen molar-refractivity contribution in [3.63, 3.8) is 0 Å². The summed E-state index contributed by atoms with van der Waals surface area (Å²) >= 11 is 1.61. The van der Waals surface area contributed by atoms with E-state index in [4.69, 9.17) is 5.73 Å².